The molecule has 26 heavy (non-hydrogen) atoms. The Kier molecular flexibility index (Phi) is 7.03. The second kappa shape index (κ2) is 9.24. The molecule has 0 aliphatic carbocycles. The highest BCUT2D eigenvalue weighted by atomic mass is 32.2. The van der Waals surface area contributed by atoms with Crippen LogP contribution in [0.3, 0.4) is 0 Å². The molecule has 6 nitrogen and oxygen atoms in total. The first kappa shape index (κ1) is 19.8. The molecule has 0 atom stereocenters. The summed E-state index contributed by atoms with van der Waals surface area (Å²) in [6, 6.07) is 11.9. The highest BCUT2D eigenvalue weighted by Crippen LogP contribution is 2.27. The molecular weight excluding hydrogens is 352 g/mol. The van der Waals surface area contributed by atoms with E-state index >= 15 is 0 Å². The number of unbranched alkanes of at least 4 members (excludes halogenated alkanes) is 1. The highest BCUT2D eigenvalue weighted by Gasteiger charge is 2.12. The van der Waals surface area contributed by atoms with Crippen molar-refractivity contribution in [3.63, 3.8) is 0 Å². The van der Waals surface area contributed by atoms with Crippen molar-refractivity contribution in [3.8, 4) is 11.5 Å². The largest absolute Gasteiger partial charge is 0.493 e. The molecule has 0 saturated carbocycles. The zero-order valence-corrected chi connectivity index (χ0v) is 16.0. The molecule has 0 aliphatic heterocycles. The van der Waals surface area contributed by atoms with Gasteiger partial charge in [-0.3, -0.25) is 0 Å². The van der Waals surface area contributed by atoms with E-state index in [1.807, 2.05) is 6.92 Å². The van der Waals surface area contributed by atoms with Gasteiger partial charge in [0.25, 0.3) is 10.0 Å². The number of methoxy groups -OCH3 is 1. The Labute approximate surface area is 154 Å². The molecule has 2 rings (SSSR count). The minimum atomic E-state index is -3.69. The summed E-state index contributed by atoms with van der Waals surface area (Å²) in [5.41, 5.74) is 1.69. The number of sulfonamides is 1. The van der Waals surface area contributed by atoms with Crippen LogP contribution in [0.1, 0.15) is 30.9 Å². The van der Waals surface area contributed by atoms with Gasteiger partial charge in [-0.25, -0.2) is 4.83 Å². The molecule has 0 amide bonds. The Morgan fingerprint density at radius 3 is 2.50 bits per heavy atom. The Balaban J connectivity index is 2.09. The number of hydrogen-bond donors (Lipinski definition) is 1. The van der Waals surface area contributed by atoms with Gasteiger partial charge in [0.1, 0.15) is 0 Å². The summed E-state index contributed by atoms with van der Waals surface area (Å²) in [4.78, 5) is 2.38. The molecule has 0 aliphatic rings. The van der Waals surface area contributed by atoms with Crippen LogP contribution in [0.15, 0.2) is 52.5 Å². The van der Waals surface area contributed by atoms with Gasteiger partial charge in [-0.05, 0) is 49.2 Å². The van der Waals surface area contributed by atoms with Crippen molar-refractivity contribution >= 4 is 16.2 Å². The minimum absolute atomic E-state index is 0.165. The van der Waals surface area contributed by atoms with E-state index in [0.29, 0.717) is 23.7 Å². The van der Waals surface area contributed by atoms with E-state index in [9.17, 15) is 8.42 Å². The Morgan fingerprint density at radius 2 is 1.85 bits per heavy atom. The number of rotatable bonds is 9. The predicted octanol–water partition coefficient (Wildman–Crippen LogP) is 3.49. The van der Waals surface area contributed by atoms with E-state index < -0.39 is 10.0 Å². The summed E-state index contributed by atoms with van der Waals surface area (Å²) >= 11 is 0. The van der Waals surface area contributed by atoms with Crippen LogP contribution in [0.4, 0.5) is 0 Å². The van der Waals surface area contributed by atoms with Gasteiger partial charge in [0.15, 0.2) is 11.5 Å². The maximum atomic E-state index is 12.2. The van der Waals surface area contributed by atoms with Gasteiger partial charge in [-0.1, -0.05) is 31.0 Å². The lowest BCUT2D eigenvalue weighted by Crippen LogP contribution is -2.18. The number of nitrogens with one attached hydrogen (secondary N) is 1. The third-order valence-corrected chi connectivity index (χ3v) is 4.90. The van der Waals surface area contributed by atoms with E-state index in [0.717, 1.165) is 18.4 Å². The van der Waals surface area contributed by atoms with Gasteiger partial charge >= 0.3 is 0 Å². The monoisotopic (exact) mass is 376 g/mol. The number of ether oxygens (including phenoxy) is 2. The first-order chi connectivity index (χ1) is 12.5. The average molecular weight is 376 g/mol. The van der Waals surface area contributed by atoms with Crippen LogP contribution in [0.25, 0.3) is 0 Å². The Hall–Kier alpha value is -2.54. The van der Waals surface area contributed by atoms with Crippen molar-refractivity contribution in [1.82, 2.24) is 4.83 Å². The molecule has 0 heterocycles. The normalized spacial score (nSPS) is 11.5. The van der Waals surface area contributed by atoms with E-state index in [-0.39, 0.29) is 4.90 Å². The third kappa shape index (κ3) is 5.49. The molecule has 0 bridgehead atoms. The highest BCUT2D eigenvalue weighted by molar-refractivity contribution is 7.89. The fourth-order valence-electron chi connectivity index (χ4n) is 2.15. The van der Waals surface area contributed by atoms with Gasteiger partial charge in [0.2, 0.25) is 0 Å². The maximum absolute atomic E-state index is 12.2. The van der Waals surface area contributed by atoms with Gasteiger partial charge in [0.05, 0.1) is 24.8 Å². The SMILES string of the molecule is CCCCOc1cc(/C=N\NS(=O)(=O)c2ccc(C)cc2)ccc1OC. The number of hydrogen-bond acceptors (Lipinski definition) is 5. The second-order valence-corrected chi connectivity index (χ2v) is 7.44. The lowest BCUT2D eigenvalue weighted by molar-refractivity contribution is 0.288. The lowest BCUT2D eigenvalue weighted by Gasteiger charge is -2.11. The van der Waals surface area contributed by atoms with Gasteiger partial charge in [0, 0.05) is 0 Å². The lowest BCUT2D eigenvalue weighted by atomic mass is 10.2. The molecule has 7 heteroatoms. The second-order valence-electron chi connectivity index (χ2n) is 5.78. The van der Waals surface area contributed by atoms with E-state index in [2.05, 4.69) is 16.9 Å². The minimum Gasteiger partial charge on any atom is -0.493 e. The number of hydrazone groups is 1. The van der Waals surface area contributed by atoms with Crippen LogP contribution in [0.5, 0.6) is 11.5 Å². The molecule has 0 radical (unpaired) electrons. The van der Waals surface area contributed by atoms with Crippen LogP contribution in [0, 0.1) is 6.92 Å². The van der Waals surface area contributed by atoms with Gasteiger partial charge < -0.3 is 9.47 Å². The van der Waals surface area contributed by atoms with Crippen LogP contribution >= 0.6 is 0 Å². The third-order valence-electron chi connectivity index (χ3n) is 3.66. The van der Waals surface area contributed by atoms with Crippen LogP contribution in [-0.4, -0.2) is 28.3 Å². The number of nitrogens with zero attached hydrogens (tertiary/aromatic N) is 1. The summed E-state index contributed by atoms with van der Waals surface area (Å²) < 4.78 is 35.4. The number of aryl methyl sites for hydroxylation is 1. The van der Waals surface area contributed by atoms with Gasteiger partial charge in [-0.15, -0.1) is 0 Å². The molecule has 0 aromatic heterocycles. The summed E-state index contributed by atoms with van der Waals surface area (Å²) in [7, 11) is -2.12. The van der Waals surface area contributed by atoms with Crippen molar-refractivity contribution in [2.75, 3.05) is 13.7 Å². The molecule has 0 unspecified atom stereocenters. The summed E-state index contributed by atoms with van der Waals surface area (Å²) in [5.74, 6) is 1.23. The molecule has 2 aromatic rings. The molecular formula is C19H24N2O4S. The van der Waals surface area contributed by atoms with Crippen molar-refractivity contribution in [2.45, 2.75) is 31.6 Å². The zero-order valence-electron chi connectivity index (χ0n) is 15.2. The topological polar surface area (TPSA) is 77.0 Å². The van der Waals surface area contributed by atoms with Crippen LogP contribution in [-0.2, 0) is 10.0 Å². The van der Waals surface area contributed by atoms with Crippen molar-refractivity contribution in [3.05, 3.63) is 53.6 Å². The Morgan fingerprint density at radius 1 is 1.12 bits per heavy atom. The van der Waals surface area contributed by atoms with Crippen molar-refractivity contribution < 1.29 is 17.9 Å². The zero-order chi connectivity index (χ0) is 19.0. The van der Waals surface area contributed by atoms with Gasteiger partial charge in [-0.2, -0.15) is 13.5 Å². The standard InChI is InChI=1S/C19H24N2O4S/c1-4-5-12-25-19-13-16(8-11-18(19)24-3)14-20-21-26(22,23)17-9-6-15(2)7-10-17/h6-11,13-14,21H,4-5,12H2,1-3H3/b20-14-. The van der Waals surface area contributed by atoms with E-state index in [1.165, 1.54) is 6.21 Å². The summed E-state index contributed by atoms with van der Waals surface area (Å²) in [5, 5.41) is 3.85. The van der Waals surface area contributed by atoms with Crippen molar-refractivity contribution in [1.29, 1.82) is 0 Å². The molecule has 1 N–H and O–H groups in total. The fraction of sp³-hybridized carbons (Fsp3) is 0.316. The average Bonchev–Trinajstić information content (AvgIpc) is 2.62. The quantitative estimate of drug-likeness (QED) is 0.413. The Bertz CT molecular complexity index is 846. The molecule has 140 valence electrons. The summed E-state index contributed by atoms with van der Waals surface area (Å²) in [6.45, 7) is 4.57. The first-order valence-corrected chi connectivity index (χ1v) is 9.87. The van der Waals surface area contributed by atoms with E-state index in [4.69, 9.17) is 9.47 Å². The molecule has 0 fully saturated rings. The first-order valence-electron chi connectivity index (χ1n) is 8.38. The predicted molar refractivity (Wildman–Crippen MR) is 102 cm³/mol. The number of benzene rings is 2. The molecule has 0 saturated heterocycles. The fourth-order valence-corrected chi connectivity index (χ4v) is 2.94. The summed E-state index contributed by atoms with van der Waals surface area (Å²) in [6.07, 6.45) is 3.40. The van der Waals surface area contributed by atoms with E-state index in [1.54, 1.807) is 49.6 Å². The van der Waals surface area contributed by atoms with Crippen LogP contribution in [0.2, 0.25) is 0 Å². The van der Waals surface area contributed by atoms with Crippen molar-refractivity contribution in [2.24, 2.45) is 5.10 Å². The maximum Gasteiger partial charge on any atom is 0.276 e. The van der Waals surface area contributed by atoms with Crippen LogP contribution < -0.4 is 14.3 Å². The molecule has 0 spiro atoms. The smallest absolute Gasteiger partial charge is 0.276 e. The molecule has 2 aromatic carbocycles.